The highest BCUT2D eigenvalue weighted by Crippen LogP contribution is 2.46. The Morgan fingerprint density at radius 1 is 1.24 bits per heavy atom. The quantitative estimate of drug-likeness (QED) is 0.828. The lowest BCUT2D eigenvalue weighted by Gasteiger charge is -2.08. The zero-order valence-corrected chi connectivity index (χ0v) is 12.8. The topological polar surface area (TPSA) is 68.5 Å². The second-order valence-corrected chi connectivity index (χ2v) is 6.58. The zero-order chi connectivity index (χ0) is 14.2. The molecule has 7 heteroatoms. The lowest BCUT2D eigenvalue weighted by molar-refractivity contribution is 0.626. The van der Waals surface area contributed by atoms with Crippen molar-refractivity contribution in [2.45, 2.75) is 54.7 Å². The summed E-state index contributed by atoms with van der Waals surface area (Å²) >= 11 is 1.59. The summed E-state index contributed by atoms with van der Waals surface area (Å²) in [7, 11) is 0. The van der Waals surface area contributed by atoms with Crippen molar-refractivity contribution < 1.29 is 0 Å². The molecule has 4 rings (SSSR count). The fourth-order valence-corrected chi connectivity index (χ4v) is 3.30. The molecule has 2 fully saturated rings. The van der Waals surface area contributed by atoms with Gasteiger partial charge >= 0.3 is 0 Å². The van der Waals surface area contributed by atoms with Gasteiger partial charge in [0.25, 0.3) is 0 Å². The maximum atomic E-state index is 4.43. The number of anilines is 1. The first-order valence-corrected chi connectivity index (χ1v) is 8.35. The molecule has 0 amide bonds. The van der Waals surface area contributed by atoms with Crippen LogP contribution in [0.3, 0.4) is 0 Å². The predicted octanol–water partition coefficient (Wildman–Crippen LogP) is 2.86. The van der Waals surface area contributed by atoms with E-state index in [4.69, 9.17) is 0 Å². The molecular weight excluding hydrogens is 284 g/mol. The van der Waals surface area contributed by atoms with Crippen LogP contribution in [0.1, 0.15) is 50.4 Å². The van der Waals surface area contributed by atoms with Crippen LogP contribution in [-0.4, -0.2) is 31.3 Å². The van der Waals surface area contributed by atoms with Gasteiger partial charge in [0, 0.05) is 24.6 Å². The molecule has 2 aliphatic carbocycles. The van der Waals surface area contributed by atoms with Gasteiger partial charge in [-0.15, -0.1) is 10.2 Å². The summed E-state index contributed by atoms with van der Waals surface area (Å²) in [6.45, 7) is 2.91. The minimum atomic E-state index is 0.605. The summed E-state index contributed by atoms with van der Waals surface area (Å²) in [5.41, 5.74) is 0. The molecule has 2 saturated carbocycles. The monoisotopic (exact) mass is 302 g/mol. The summed E-state index contributed by atoms with van der Waals surface area (Å²) in [6.07, 6.45) is 6.61. The molecule has 0 aliphatic heterocycles. The SMILES string of the molecule is CCNc1cc(Sc2nnc(C3CC3)n2C2CC2)ncn1. The van der Waals surface area contributed by atoms with Crippen molar-refractivity contribution >= 4 is 17.6 Å². The van der Waals surface area contributed by atoms with Crippen LogP contribution in [0.2, 0.25) is 0 Å². The fraction of sp³-hybridized carbons (Fsp3) is 0.571. The number of nitrogens with one attached hydrogen (secondary N) is 1. The Morgan fingerprint density at radius 3 is 2.81 bits per heavy atom. The third-order valence-electron chi connectivity index (χ3n) is 3.74. The van der Waals surface area contributed by atoms with Gasteiger partial charge in [-0.05, 0) is 44.4 Å². The molecule has 6 nitrogen and oxygen atoms in total. The first-order chi connectivity index (χ1) is 10.3. The van der Waals surface area contributed by atoms with Crippen LogP contribution < -0.4 is 5.32 Å². The van der Waals surface area contributed by atoms with Crippen molar-refractivity contribution in [3.05, 3.63) is 18.2 Å². The van der Waals surface area contributed by atoms with E-state index in [-0.39, 0.29) is 0 Å². The molecule has 0 aromatic carbocycles. The number of nitrogens with zero attached hydrogens (tertiary/aromatic N) is 5. The van der Waals surface area contributed by atoms with Crippen LogP contribution in [0.4, 0.5) is 5.82 Å². The van der Waals surface area contributed by atoms with Gasteiger partial charge < -0.3 is 9.88 Å². The molecule has 0 unspecified atom stereocenters. The van der Waals surface area contributed by atoms with Gasteiger partial charge in [-0.2, -0.15) is 0 Å². The molecule has 110 valence electrons. The molecule has 2 aromatic heterocycles. The molecule has 0 radical (unpaired) electrons. The molecular formula is C14H18N6S. The molecule has 0 bridgehead atoms. The normalized spacial score (nSPS) is 18.0. The molecule has 0 saturated heterocycles. The van der Waals surface area contributed by atoms with Crippen LogP contribution >= 0.6 is 11.8 Å². The van der Waals surface area contributed by atoms with Gasteiger partial charge in [0.1, 0.15) is 23.0 Å². The number of hydrogen-bond donors (Lipinski definition) is 1. The molecule has 1 N–H and O–H groups in total. The van der Waals surface area contributed by atoms with Crippen molar-refractivity contribution in [3.63, 3.8) is 0 Å². The van der Waals surface area contributed by atoms with Crippen molar-refractivity contribution in [1.82, 2.24) is 24.7 Å². The minimum absolute atomic E-state index is 0.605. The van der Waals surface area contributed by atoms with Crippen molar-refractivity contribution in [1.29, 1.82) is 0 Å². The number of aromatic nitrogens is 5. The first kappa shape index (κ1) is 13.1. The van der Waals surface area contributed by atoms with Gasteiger partial charge in [-0.1, -0.05) is 0 Å². The van der Waals surface area contributed by atoms with Gasteiger partial charge in [0.15, 0.2) is 5.16 Å². The van der Waals surface area contributed by atoms with Crippen molar-refractivity contribution in [2.75, 3.05) is 11.9 Å². The number of hydrogen-bond acceptors (Lipinski definition) is 6. The molecule has 21 heavy (non-hydrogen) atoms. The second-order valence-electron chi connectivity index (χ2n) is 5.59. The Kier molecular flexibility index (Phi) is 3.29. The van der Waals surface area contributed by atoms with Crippen LogP contribution in [0.5, 0.6) is 0 Å². The summed E-state index contributed by atoms with van der Waals surface area (Å²) < 4.78 is 2.34. The standard InChI is InChI=1S/C14H18N6S/c1-2-15-11-7-12(17-8-16-11)21-14-19-18-13(9-3-4-9)20(14)10-5-6-10/h7-10H,2-6H2,1H3,(H,15,16,17). The smallest absolute Gasteiger partial charge is 0.197 e. The van der Waals surface area contributed by atoms with Gasteiger partial charge in [-0.3, -0.25) is 0 Å². The highest BCUT2D eigenvalue weighted by molar-refractivity contribution is 7.99. The molecule has 0 atom stereocenters. The van der Waals surface area contributed by atoms with Gasteiger partial charge in [0.05, 0.1) is 0 Å². The highest BCUT2D eigenvalue weighted by Gasteiger charge is 2.36. The largest absolute Gasteiger partial charge is 0.370 e. The first-order valence-electron chi connectivity index (χ1n) is 7.53. The average molecular weight is 302 g/mol. The van der Waals surface area contributed by atoms with Crippen molar-refractivity contribution in [3.8, 4) is 0 Å². The average Bonchev–Trinajstić information content (AvgIpc) is 3.40. The van der Waals surface area contributed by atoms with E-state index >= 15 is 0 Å². The minimum Gasteiger partial charge on any atom is -0.370 e. The summed E-state index contributed by atoms with van der Waals surface area (Å²) in [5, 5.41) is 13.9. The Hall–Kier alpha value is -1.63. The highest BCUT2D eigenvalue weighted by atomic mass is 32.2. The Labute approximate surface area is 127 Å². The summed E-state index contributed by atoms with van der Waals surface area (Å²) in [4.78, 5) is 8.54. The van der Waals surface area contributed by atoms with Crippen LogP contribution in [-0.2, 0) is 0 Å². The maximum Gasteiger partial charge on any atom is 0.197 e. The van der Waals surface area contributed by atoms with E-state index < -0.39 is 0 Å². The number of rotatable bonds is 6. The van der Waals surface area contributed by atoms with Crippen LogP contribution in [0, 0.1) is 0 Å². The van der Waals surface area contributed by atoms with E-state index in [2.05, 4.69) is 37.0 Å². The summed E-state index contributed by atoms with van der Waals surface area (Å²) in [5.74, 6) is 2.67. The Balaban J connectivity index is 1.60. The fourth-order valence-electron chi connectivity index (χ4n) is 2.42. The maximum absolute atomic E-state index is 4.43. The predicted molar refractivity (Wildman–Crippen MR) is 80.6 cm³/mol. The van der Waals surface area contributed by atoms with E-state index in [1.165, 1.54) is 31.5 Å². The van der Waals surface area contributed by atoms with E-state index in [1.54, 1.807) is 18.1 Å². The van der Waals surface area contributed by atoms with Crippen LogP contribution in [0.25, 0.3) is 0 Å². The molecule has 2 aromatic rings. The summed E-state index contributed by atoms with van der Waals surface area (Å²) in [6, 6.07) is 2.57. The Morgan fingerprint density at radius 2 is 2.10 bits per heavy atom. The molecule has 0 spiro atoms. The third-order valence-corrected chi connectivity index (χ3v) is 4.63. The van der Waals surface area contributed by atoms with E-state index in [0.717, 1.165) is 22.5 Å². The van der Waals surface area contributed by atoms with E-state index in [1.807, 2.05) is 6.07 Å². The third kappa shape index (κ3) is 2.74. The van der Waals surface area contributed by atoms with Gasteiger partial charge in [-0.25, -0.2) is 9.97 Å². The van der Waals surface area contributed by atoms with Gasteiger partial charge in [0.2, 0.25) is 0 Å². The Bertz CT molecular complexity index is 647. The van der Waals surface area contributed by atoms with E-state index in [0.29, 0.717) is 12.0 Å². The van der Waals surface area contributed by atoms with E-state index in [9.17, 15) is 0 Å². The zero-order valence-electron chi connectivity index (χ0n) is 12.0. The lowest BCUT2D eigenvalue weighted by atomic mass is 10.4. The molecule has 2 aliphatic rings. The van der Waals surface area contributed by atoms with Crippen molar-refractivity contribution in [2.24, 2.45) is 0 Å². The van der Waals surface area contributed by atoms with Crippen LogP contribution in [0.15, 0.2) is 22.6 Å². The molecule has 2 heterocycles. The lowest BCUT2D eigenvalue weighted by Crippen LogP contribution is -2.02. The second kappa shape index (κ2) is 5.29.